The van der Waals surface area contributed by atoms with Gasteiger partial charge in [-0.15, -0.1) is 0 Å². The molecule has 1 N–H and O–H groups in total. The van der Waals surface area contributed by atoms with E-state index in [-0.39, 0.29) is 4.91 Å². The number of ether oxygens (including phenoxy) is 2. The molecule has 1 amide bonds. The van der Waals surface area contributed by atoms with Crippen molar-refractivity contribution in [1.82, 2.24) is 5.32 Å². The predicted octanol–water partition coefficient (Wildman–Crippen LogP) is 3.27. The molecule has 8 heteroatoms. The molecule has 0 aliphatic carbocycles. The summed E-state index contributed by atoms with van der Waals surface area (Å²) < 4.78 is 38.0. The fraction of sp³-hybridized carbons (Fsp3) is 0.348. The van der Waals surface area contributed by atoms with Crippen molar-refractivity contribution in [2.45, 2.75) is 26.7 Å². The third kappa shape index (κ3) is 4.39. The lowest BCUT2D eigenvalue weighted by atomic mass is 10.0. The van der Waals surface area contributed by atoms with E-state index in [0.29, 0.717) is 41.3 Å². The van der Waals surface area contributed by atoms with Crippen molar-refractivity contribution >= 4 is 27.2 Å². The van der Waals surface area contributed by atoms with Gasteiger partial charge in [-0.3, -0.25) is 9.10 Å². The molecule has 0 bridgehead atoms. The van der Waals surface area contributed by atoms with Crippen LogP contribution in [0.2, 0.25) is 0 Å². The van der Waals surface area contributed by atoms with Gasteiger partial charge in [0.2, 0.25) is 0 Å². The molecule has 0 saturated carbocycles. The van der Waals surface area contributed by atoms with Crippen LogP contribution >= 0.6 is 0 Å². The van der Waals surface area contributed by atoms with Crippen LogP contribution in [0.1, 0.15) is 30.0 Å². The average Bonchev–Trinajstić information content (AvgIpc) is 2.74. The van der Waals surface area contributed by atoms with E-state index >= 15 is 0 Å². The monoisotopic (exact) mass is 444 g/mol. The number of nitrogens with one attached hydrogen (secondary N) is 1. The molecule has 166 valence electrons. The number of hydrogen-bond donors (Lipinski definition) is 1. The van der Waals surface area contributed by atoms with Crippen LogP contribution in [-0.4, -0.2) is 42.1 Å². The van der Waals surface area contributed by atoms with Gasteiger partial charge in [-0.2, -0.15) is 0 Å². The lowest BCUT2D eigenvalue weighted by Gasteiger charge is -2.30. The second-order valence-corrected chi connectivity index (χ2v) is 9.41. The Balaban J connectivity index is 1.84. The van der Waals surface area contributed by atoms with Crippen molar-refractivity contribution < 1.29 is 22.7 Å². The number of sulfonamides is 1. The van der Waals surface area contributed by atoms with Crippen molar-refractivity contribution in [2.75, 3.05) is 32.1 Å². The number of carbonyl (C=O) groups is 1. The normalized spacial score (nSPS) is 14.8. The molecule has 7 nitrogen and oxygen atoms in total. The van der Waals surface area contributed by atoms with E-state index in [9.17, 15) is 13.2 Å². The molecule has 3 rings (SSSR count). The maximum atomic E-state index is 13.1. The Hall–Kier alpha value is -3.00. The molecule has 1 aliphatic rings. The summed E-state index contributed by atoms with van der Waals surface area (Å²) in [6, 6.07) is 11.5. The van der Waals surface area contributed by atoms with Crippen LogP contribution in [0, 0.1) is 6.92 Å². The van der Waals surface area contributed by atoms with E-state index in [2.05, 4.69) is 11.4 Å². The van der Waals surface area contributed by atoms with Crippen LogP contribution in [0.4, 0.5) is 5.69 Å². The highest BCUT2D eigenvalue weighted by molar-refractivity contribution is 7.97. The lowest BCUT2D eigenvalue weighted by Crippen LogP contribution is -2.39. The molecule has 2 aromatic rings. The molecular formula is C23H28N2O5S. The zero-order chi connectivity index (χ0) is 22.8. The van der Waals surface area contributed by atoms with Gasteiger partial charge in [-0.05, 0) is 43.9 Å². The molecule has 0 spiro atoms. The van der Waals surface area contributed by atoms with Crippen molar-refractivity contribution in [3.05, 3.63) is 58.0 Å². The first-order valence-electron chi connectivity index (χ1n) is 10.0. The highest BCUT2D eigenvalue weighted by Crippen LogP contribution is 2.44. The topological polar surface area (TPSA) is 84.9 Å². The third-order valence-corrected chi connectivity index (χ3v) is 7.35. The van der Waals surface area contributed by atoms with E-state index < -0.39 is 15.9 Å². The van der Waals surface area contributed by atoms with E-state index in [1.54, 1.807) is 19.1 Å². The second kappa shape index (κ2) is 9.01. The van der Waals surface area contributed by atoms with E-state index in [1.165, 1.54) is 32.4 Å². The Morgan fingerprint density at radius 2 is 1.74 bits per heavy atom. The van der Waals surface area contributed by atoms with Crippen LogP contribution in [0.5, 0.6) is 11.5 Å². The second-order valence-electron chi connectivity index (χ2n) is 7.50. The summed E-state index contributed by atoms with van der Waals surface area (Å²) in [6.45, 7) is 4.05. The van der Waals surface area contributed by atoms with Crippen LogP contribution in [0.25, 0.3) is 5.57 Å². The first-order valence-corrected chi connectivity index (χ1v) is 11.4. The molecule has 31 heavy (non-hydrogen) atoms. The zero-order valence-electron chi connectivity index (χ0n) is 18.5. The van der Waals surface area contributed by atoms with Gasteiger partial charge in [-0.1, -0.05) is 29.8 Å². The number of fused-ring (bicyclic) bond motifs is 1. The number of benzene rings is 2. The van der Waals surface area contributed by atoms with Gasteiger partial charge in [0.15, 0.2) is 16.4 Å². The molecule has 1 heterocycles. The summed E-state index contributed by atoms with van der Waals surface area (Å²) in [5, 5.41) is 2.77. The van der Waals surface area contributed by atoms with Gasteiger partial charge in [0.05, 0.1) is 19.9 Å². The highest BCUT2D eigenvalue weighted by atomic mass is 32.2. The summed E-state index contributed by atoms with van der Waals surface area (Å²) in [6.07, 6.45) is 1.51. The molecular weight excluding hydrogens is 416 g/mol. The van der Waals surface area contributed by atoms with Gasteiger partial charge in [0, 0.05) is 25.2 Å². The van der Waals surface area contributed by atoms with E-state index in [1.807, 2.05) is 25.1 Å². The Morgan fingerprint density at radius 3 is 2.39 bits per heavy atom. The fourth-order valence-electron chi connectivity index (χ4n) is 3.74. The number of aryl methyl sites for hydroxylation is 2. The molecule has 0 atom stereocenters. The van der Waals surface area contributed by atoms with E-state index in [0.717, 1.165) is 10.7 Å². The van der Waals surface area contributed by atoms with Crippen LogP contribution in [0.15, 0.2) is 41.3 Å². The minimum absolute atomic E-state index is 0.245. The van der Waals surface area contributed by atoms with E-state index in [4.69, 9.17) is 9.47 Å². The van der Waals surface area contributed by atoms with Crippen molar-refractivity contribution in [2.24, 2.45) is 0 Å². The molecule has 0 saturated heterocycles. The Bertz CT molecular complexity index is 1140. The maximum Gasteiger partial charge on any atom is 0.269 e. The average molecular weight is 445 g/mol. The first kappa shape index (κ1) is 22.7. The SMILES string of the molecule is COc1cc2c(cc1OC)N(C)S(=O)(=O)C(C(=O)NCCCc1cccc(C)c1)=C2C. The number of nitrogens with zero attached hydrogens (tertiary/aromatic N) is 1. The summed E-state index contributed by atoms with van der Waals surface area (Å²) in [5.74, 6) is 0.278. The molecule has 0 radical (unpaired) electrons. The number of anilines is 1. The quantitative estimate of drug-likeness (QED) is 0.663. The minimum Gasteiger partial charge on any atom is -0.493 e. The maximum absolute atomic E-state index is 13.1. The fourth-order valence-corrected chi connectivity index (χ4v) is 5.23. The molecule has 0 aromatic heterocycles. The van der Waals surface area contributed by atoms with Gasteiger partial charge < -0.3 is 14.8 Å². The number of amides is 1. The number of allylic oxidation sites excluding steroid dienone is 1. The standard InChI is InChI=1S/C23H28N2O5S/c1-15-8-6-9-17(12-15)10-7-11-24-23(26)22-16(2)18-13-20(29-4)21(30-5)14-19(18)25(3)31(22,27)28/h6,8-9,12-14H,7,10-11H2,1-5H3,(H,24,26). The number of carbonyl (C=O) groups excluding carboxylic acids is 1. The van der Waals surface area contributed by atoms with Gasteiger partial charge in [0.25, 0.3) is 15.9 Å². The zero-order valence-corrected chi connectivity index (χ0v) is 19.3. The van der Waals surface area contributed by atoms with Crippen molar-refractivity contribution in [3.63, 3.8) is 0 Å². The smallest absolute Gasteiger partial charge is 0.269 e. The summed E-state index contributed by atoms with van der Waals surface area (Å²) in [7, 11) is 0.423. The summed E-state index contributed by atoms with van der Waals surface area (Å²) >= 11 is 0. The van der Waals surface area contributed by atoms with Crippen molar-refractivity contribution in [1.29, 1.82) is 0 Å². The Morgan fingerprint density at radius 1 is 1.06 bits per heavy atom. The minimum atomic E-state index is -4.00. The number of rotatable bonds is 7. The van der Waals surface area contributed by atoms with Gasteiger partial charge >= 0.3 is 0 Å². The number of methoxy groups -OCH3 is 2. The van der Waals surface area contributed by atoms with Gasteiger partial charge in [-0.25, -0.2) is 8.42 Å². The molecule has 0 unspecified atom stereocenters. The van der Waals surface area contributed by atoms with Crippen LogP contribution in [-0.2, 0) is 21.2 Å². The van der Waals surface area contributed by atoms with Crippen LogP contribution in [0.3, 0.4) is 0 Å². The molecule has 0 fully saturated rings. The summed E-state index contributed by atoms with van der Waals surface area (Å²) in [4.78, 5) is 12.6. The molecule has 2 aromatic carbocycles. The van der Waals surface area contributed by atoms with Crippen molar-refractivity contribution in [3.8, 4) is 11.5 Å². The molecule has 1 aliphatic heterocycles. The largest absolute Gasteiger partial charge is 0.493 e. The van der Waals surface area contributed by atoms with Crippen LogP contribution < -0.4 is 19.1 Å². The lowest BCUT2D eigenvalue weighted by molar-refractivity contribution is -0.116. The van der Waals surface area contributed by atoms with Gasteiger partial charge in [0.1, 0.15) is 0 Å². The number of hydrogen-bond acceptors (Lipinski definition) is 5. The Kier molecular flexibility index (Phi) is 6.59. The third-order valence-electron chi connectivity index (χ3n) is 5.42. The predicted molar refractivity (Wildman–Crippen MR) is 122 cm³/mol. The Labute approximate surface area is 183 Å². The first-order chi connectivity index (χ1) is 14.7. The highest BCUT2D eigenvalue weighted by Gasteiger charge is 2.38. The summed E-state index contributed by atoms with van der Waals surface area (Å²) in [5.41, 5.74) is 3.80.